The molecule has 0 aliphatic carbocycles. The van der Waals surface area contributed by atoms with Gasteiger partial charge in [-0.15, -0.1) is 0 Å². The zero-order valence-electron chi connectivity index (χ0n) is 7.82. The Kier molecular flexibility index (Phi) is 1.93. The van der Waals surface area contributed by atoms with Crippen LogP contribution in [0.15, 0.2) is 24.5 Å². The Morgan fingerprint density at radius 3 is 3.00 bits per heavy atom. The molecule has 0 bridgehead atoms. The minimum Gasteiger partial charge on any atom is -0.494 e. The van der Waals surface area contributed by atoms with Gasteiger partial charge in [0.1, 0.15) is 11.3 Å². The molecule has 0 amide bonds. The van der Waals surface area contributed by atoms with E-state index in [1.54, 1.807) is 7.11 Å². The topological polar surface area (TPSA) is 27.1 Å². The number of fused-ring (bicyclic) bond motifs is 1. The number of hydrogen-bond acceptors (Lipinski definition) is 2. The lowest BCUT2D eigenvalue weighted by Crippen LogP contribution is -1.90. The SMILES string of the molecule is CCn1cnc2c(OC)cccc21. The fraction of sp³-hybridized carbons (Fsp3) is 0.300. The summed E-state index contributed by atoms with van der Waals surface area (Å²) in [4.78, 5) is 4.30. The van der Waals surface area contributed by atoms with Crippen LogP contribution in [0.4, 0.5) is 0 Å². The van der Waals surface area contributed by atoms with Crippen LogP contribution in [0.25, 0.3) is 11.0 Å². The second kappa shape index (κ2) is 3.09. The van der Waals surface area contributed by atoms with Crippen molar-refractivity contribution >= 4 is 11.0 Å². The monoisotopic (exact) mass is 176 g/mol. The molecule has 0 N–H and O–H groups in total. The van der Waals surface area contributed by atoms with E-state index in [-0.39, 0.29) is 0 Å². The first-order valence-electron chi connectivity index (χ1n) is 4.34. The van der Waals surface area contributed by atoms with Crippen molar-refractivity contribution in [3.05, 3.63) is 24.5 Å². The number of nitrogens with zero attached hydrogens (tertiary/aromatic N) is 2. The van der Waals surface area contributed by atoms with Gasteiger partial charge in [-0.25, -0.2) is 4.98 Å². The number of aryl methyl sites for hydroxylation is 1. The van der Waals surface area contributed by atoms with Gasteiger partial charge in [0.2, 0.25) is 0 Å². The van der Waals surface area contributed by atoms with Gasteiger partial charge in [-0.2, -0.15) is 0 Å². The maximum absolute atomic E-state index is 5.21. The lowest BCUT2D eigenvalue weighted by atomic mass is 10.3. The van der Waals surface area contributed by atoms with E-state index in [4.69, 9.17) is 4.74 Å². The van der Waals surface area contributed by atoms with Crippen molar-refractivity contribution in [3.63, 3.8) is 0 Å². The molecule has 0 fully saturated rings. The third-order valence-electron chi connectivity index (χ3n) is 2.17. The van der Waals surface area contributed by atoms with Crippen molar-refractivity contribution in [2.45, 2.75) is 13.5 Å². The fourth-order valence-electron chi connectivity index (χ4n) is 1.48. The zero-order chi connectivity index (χ0) is 9.26. The molecule has 0 aliphatic heterocycles. The molecule has 2 rings (SSSR count). The third-order valence-corrected chi connectivity index (χ3v) is 2.17. The summed E-state index contributed by atoms with van der Waals surface area (Å²) in [5.74, 6) is 0.838. The highest BCUT2D eigenvalue weighted by Gasteiger charge is 2.05. The molecule has 0 spiro atoms. The molecule has 2 aromatic rings. The highest BCUT2D eigenvalue weighted by molar-refractivity contribution is 5.81. The van der Waals surface area contributed by atoms with E-state index in [1.807, 2.05) is 24.5 Å². The van der Waals surface area contributed by atoms with Crippen molar-refractivity contribution in [2.75, 3.05) is 7.11 Å². The molecule has 0 unspecified atom stereocenters. The highest BCUT2D eigenvalue weighted by atomic mass is 16.5. The maximum atomic E-state index is 5.21. The second-order valence-electron chi connectivity index (χ2n) is 2.86. The summed E-state index contributed by atoms with van der Waals surface area (Å²) in [5.41, 5.74) is 2.06. The minimum absolute atomic E-state index is 0.838. The van der Waals surface area contributed by atoms with Crippen molar-refractivity contribution in [1.29, 1.82) is 0 Å². The van der Waals surface area contributed by atoms with Gasteiger partial charge in [0.25, 0.3) is 0 Å². The van der Waals surface area contributed by atoms with Crippen molar-refractivity contribution in [1.82, 2.24) is 9.55 Å². The highest BCUT2D eigenvalue weighted by Crippen LogP contribution is 2.23. The maximum Gasteiger partial charge on any atom is 0.146 e. The van der Waals surface area contributed by atoms with Gasteiger partial charge in [-0.05, 0) is 19.1 Å². The average molecular weight is 176 g/mol. The third kappa shape index (κ3) is 1.16. The minimum atomic E-state index is 0.838. The number of para-hydroxylation sites is 1. The molecule has 13 heavy (non-hydrogen) atoms. The van der Waals surface area contributed by atoms with Gasteiger partial charge < -0.3 is 9.30 Å². The number of rotatable bonds is 2. The Morgan fingerprint density at radius 2 is 2.31 bits per heavy atom. The molecular formula is C10H12N2O. The summed E-state index contributed by atoms with van der Waals surface area (Å²) in [6, 6.07) is 5.96. The Bertz CT molecular complexity index is 420. The Labute approximate surface area is 77.0 Å². The van der Waals surface area contributed by atoms with Gasteiger partial charge in [0, 0.05) is 6.54 Å². The summed E-state index contributed by atoms with van der Waals surface area (Å²) < 4.78 is 7.30. The zero-order valence-corrected chi connectivity index (χ0v) is 7.82. The van der Waals surface area contributed by atoms with Crippen LogP contribution < -0.4 is 4.74 Å². The van der Waals surface area contributed by atoms with Crippen molar-refractivity contribution < 1.29 is 4.74 Å². The van der Waals surface area contributed by atoms with Gasteiger partial charge in [0.15, 0.2) is 0 Å². The summed E-state index contributed by atoms with van der Waals surface area (Å²) in [7, 11) is 1.67. The van der Waals surface area contributed by atoms with Crippen LogP contribution in [0.1, 0.15) is 6.92 Å². The van der Waals surface area contributed by atoms with E-state index in [0.29, 0.717) is 0 Å². The summed E-state index contributed by atoms with van der Waals surface area (Å²) in [6.45, 7) is 3.03. The van der Waals surface area contributed by atoms with Crippen LogP contribution >= 0.6 is 0 Å². The van der Waals surface area contributed by atoms with Gasteiger partial charge in [-0.1, -0.05) is 6.07 Å². The lowest BCUT2D eigenvalue weighted by molar-refractivity contribution is 0.419. The van der Waals surface area contributed by atoms with E-state index in [1.165, 1.54) is 0 Å². The van der Waals surface area contributed by atoms with E-state index in [9.17, 15) is 0 Å². The molecule has 0 saturated carbocycles. The summed E-state index contributed by atoms with van der Waals surface area (Å²) in [5, 5.41) is 0. The predicted octanol–water partition coefficient (Wildman–Crippen LogP) is 2.06. The standard InChI is InChI=1S/C10H12N2O/c1-3-12-7-11-10-8(12)5-4-6-9(10)13-2/h4-7H,3H2,1-2H3. The van der Waals surface area contributed by atoms with Crippen molar-refractivity contribution in [3.8, 4) is 5.75 Å². The lowest BCUT2D eigenvalue weighted by Gasteiger charge is -2.01. The van der Waals surface area contributed by atoms with Crippen molar-refractivity contribution in [2.24, 2.45) is 0 Å². The molecule has 0 radical (unpaired) electrons. The first kappa shape index (κ1) is 8.10. The van der Waals surface area contributed by atoms with Crippen LogP contribution in [-0.4, -0.2) is 16.7 Å². The molecule has 3 nitrogen and oxygen atoms in total. The number of hydrogen-bond donors (Lipinski definition) is 0. The summed E-state index contributed by atoms with van der Waals surface area (Å²) >= 11 is 0. The van der Waals surface area contributed by atoms with E-state index in [0.717, 1.165) is 23.3 Å². The van der Waals surface area contributed by atoms with E-state index < -0.39 is 0 Å². The predicted molar refractivity (Wildman–Crippen MR) is 52.0 cm³/mol. The molecule has 1 aromatic carbocycles. The van der Waals surface area contributed by atoms with Gasteiger partial charge >= 0.3 is 0 Å². The normalized spacial score (nSPS) is 10.6. The molecule has 0 saturated heterocycles. The van der Waals surface area contributed by atoms with Crippen LogP contribution in [-0.2, 0) is 6.54 Å². The van der Waals surface area contributed by atoms with Gasteiger partial charge in [-0.3, -0.25) is 0 Å². The Hall–Kier alpha value is -1.51. The molecule has 0 aliphatic rings. The first-order valence-corrected chi connectivity index (χ1v) is 4.34. The molecule has 1 aromatic heterocycles. The second-order valence-corrected chi connectivity index (χ2v) is 2.86. The number of ether oxygens (including phenoxy) is 1. The quantitative estimate of drug-likeness (QED) is 0.700. The number of imidazole rings is 1. The molecular weight excluding hydrogens is 164 g/mol. The largest absolute Gasteiger partial charge is 0.494 e. The van der Waals surface area contributed by atoms with Crippen LogP contribution in [0.5, 0.6) is 5.75 Å². The number of methoxy groups -OCH3 is 1. The van der Waals surface area contributed by atoms with E-state index in [2.05, 4.69) is 16.5 Å². The molecule has 3 heteroatoms. The summed E-state index contributed by atoms with van der Waals surface area (Å²) in [6.07, 6.45) is 1.84. The number of aromatic nitrogens is 2. The van der Waals surface area contributed by atoms with Crippen LogP contribution in [0.2, 0.25) is 0 Å². The Balaban J connectivity index is 2.72. The molecule has 0 atom stereocenters. The van der Waals surface area contributed by atoms with Crippen LogP contribution in [0.3, 0.4) is 0 Å². The molecule has 68 valence electrons. The first-order chi connectivity index (χ1) is 6.36. The Morgan fingerprint density at radius 1 is 1.46 bits per heavy atom. The number of benzene rings is 1. The molecule has 1 heterocycles. The average Bonchev–Trinajstić information content (AvgIpc) is 2.60. The van der Waals surface area contributed by atoms with Crippen LogP contribution in [0, 0.1) is 0 Å². The smallest absolute Gasteiger partial charge is 0.146 e. The fourth-order valence-corrected chi connectivity index (χ4v) is 1.48. The van der Waals surface area contributed by atoms with E-state index >= 15 is 0 Å². The van der Waals surface area contributed by atoms with Gasteiger partial charge in [0.05, 0.1) is 19.0 Å².